The molecular formula is C10H13N3OS. The molecule has 2 N–H and O–H groups in total. The number of nitrogen functional groups attached to an aromatic ring is 1. The Kier molecular flexibility index (Phi) is 2.48. The molecule has 0 amide bonds. The minimum Gasteiger partial charge on any atom is -0.438 e. The summed E-state index contributed by atoms with van der Waals surface area (Å²) >= 11 is 1.40. The normalized spacial score (nSPS) is 11.2. The first kappa shape index (κ1) is 10.2. The first-order valence-corrected chi connectivity index (χ1v) is 5.64. The Morgan fingerprint density at radius 1 is 1.40 bits per heavy atom. The number of aromatic nitrogens is 2. The smallest absolute Gasteiger partial charge is 0.197 e. The molecule has 2 heterocycles. The van der Waals surface area contributed by atoms with Gasteiger partial charge in [-0.3, -0.25) is 0 Å². The van der Waals surface area contributed by atoms with E-state index in [1.54, 1.807) is 0 Å². The Labute approximate surface area is 92.2 Å². The molecule has 2 rings (SSSR count). The van der Waals surface area contributed by atoms with Gasteiger partial charge in [0.2, 0.25) is 0 Å². The molecule has 0 unspecified atom stereocenters. The van der Waals surface area contributed by atoms with Gasteiger partial charge in [-0.1, -0.05) is 13.8 Å². The van der Waals surface area contributed by atoms with Gasteiger partial charge in [-0.05, 0) is 6.92 Å². The monoisotopic (exact) mass is 223 g/mol. The highest BCUT2D eigenvalue weighted by molar-refractivity contribution is 7.13. The van der Waals surface area contributed by atoms with E-state index < -0.39 is 0 Å². The molecule has 2 aromatic rings. The van der Waals surface area contributed by atoms with Crippen LogP contribution in [-0.4, -0.2) is 9.97 Å². The van der Waals surface area contributed by atoms with Gasteiger partial charge in [-0.15, -0.1) is 11.3 Å². The summed E-state index contributed by atoms with van der Waals surface area (Å²) in [5.41, 5.74) is 7.22. The van der Waals surface area contributed by atoms with Crippen LogP contribution < -0.4 is 5.73 Å². The third kappa shape index (κ3) is 1.87. The summed E-state index contributed by atoms with van der Waals surface area (Å²) in [5, 5.41) is 2.43. The minimum absolute atomic E-state index is 0.286. The van der Waals surface area contributed by atoms with Crippen LogP contribution in [0.15, 0.2) is 9.80 Å². The lowest BCUT2D eigenvalue weighted by molar-refractivity contribution is 0.480. The molecule has 0 bridgehead atoms. The second kappa shape index (κ2) is 3.66. The molecule has 0 fully saturated rings. The Morgan fingerprint density at radius 2 is 2.13 bits per heavy atom. The van der Waals surface area contributed by atoms with E-state index in [0.717, 1.165) is 23.0 Å². The van der Waals surface area contributed by atoms with Crippen molar-refractivity contribution in [2.45, 2.75) is 26.7 Å². The maximum Gasteiger partial charge on any atom is 0.197 e. The van der Waals surface area contributed by atoms with E-state index in [9.17, 15) is 0 Å². The molecule has 0 radical (unpaired) electrons. The summed E-state index contributed by atoms with van der Waals surface area (Å²) in [5.74, 6) is 1.76. The Morgan fingerprint density at radius 3 is 2.60 bits per heavy atom. The number of anilines is 1. The summed E-state index contributed by atoms with van der Waals surface area (Å²) in [6.45, 7) is 6.01. The molecule has 2 aromatic heterocycles. The van der Waals surface area contributed by atoms with Crippen molar-refractivity contribution in [2.24, 2.45) is 0 Å². The molecule has 80 valence electrons. The van der Waals surface area contributed by atoms with E-state index in [1.807, 2.05) is 26.2 Å². The predicted octanol–water partition coefficient (Wildman–Crippen LogP) is 2.81. The van der Waals surface area contributed by atoms with Crippen molar-refractivity contribution >= 4 is 16.5 Å². The number of thiazole rings is 1. The van der Waals surface area contributed by atoms with Crippen LogP contribution >= 0.6 is 11.3 Å². The lowest BCUT2D eigenvalue weighted by Gasteiger charge is -1.95. The second-order valence-electron chi connectivity index (χ2n) is 3.69. The van der Waals surface area contributed by atoms with Crippen LogP contribution in [0.3, 0.4) is 0 Å². The molecule has 0 aliphatic heterocycles. The first-order chi connectivity index (χ1) is 7.08. The second-order valence-corrected chi connectivity index (χ2v) is 4.58. The van der Waals surface area contributed by atoms with E-state index in [2.05, 4.69) is 9.97 Å². The predicted molar refractivity (Wildman–Crippen MR) is 60.8 cm³/mol. The van der Waals surface area contributed by atoms with Crippen LogP contribution in [0.4, 0.5) is 5.13 Å². The van der Waals surface area contributed by atoms with Gasteiger partial charge in [-0.2, -0.15) is 0 Å². The summed E-state index contributed by atoms with van der Waals surface area (Å²) in [6.07, 6.45) is 0. The van der Waals surface area contributed by atoms with Gasteiger partial charge in [0.25, 0.3) is 0 Å². The van der Waals surface area contributed by atoms with Crippen molar-refractivity contribution in [3.8, 4) is 11.5 Å². The lowest BCUT2D eigenvalue weighted by atomic mass is 10.2. The molecular weight excluding hydrogens is 210 g/mol. The quantitative estimate of drug-likeness (QED) is 0.850. The average molecular weight is 223 g/mol. The number of aryl methyl sites for hydroxylation is 1. The van der Waals surface area contributed by atoms with E-state index >= 15 is 0 Å². The summed E-state index contributed by atoms with van der Waals surface area (Å²) in [7, 11) is 0. The first-order valence-electron chi connectivity index (χ1n) is 4.76. The molecule has 0 atom stereocenters. The molecule has 0 aliphatic rings. The molecule has 15 heavy (non-hydrogen) atoms. The van der Waals surface area contributed by atoms with E-state index in [4.69, 9.17) is 10.2 Å². The van der Waals surface area contributed by atoms with Crippen LogP contribution in [0.2, 0.25) is 0 Å². The summed E-state index contributed by atoms with van der Waals surface area (Å²) in [6, 6.07) is 0. The van der Waals surface area contributed by atoms with Crippen LogP contribution in [-0.2, 0) is 0 Å². The highest BCUT2D eigenvalue weighted by atomic mass is 32.1. The van der Waals surface area contributed by atoms with Crippen molar-refractivity contribution in [1.82, 2.24) is 9.97 Å². The maximum atomic E-state index is 5.65. The molecule has 0 spiro atoms. The van der Waals surface area contributed by atoms with E-state index in [-0.39, 0.29) is 5.92 Å². The molecule has 0 saturated carbocycles. The van der Waals surface area contributed by atoms with Crippen LogP contribution in [0.25, 0.3) is 11.5 Å². The number of rotatable bonds is 2. The summed E-state index contributed by atoms with van der Waals surface area (Å²) < 4.78 is 5.65. The van der Waals surface area contributed by atoms with Gasteiger partial charge in [0, 0.05) is 11.3 Å². The SMILES string of the molecule is Cc1nc(C(C)C)oc1-c1csc(N)n1. The molecule has 4 nitrogen and oxygen atoms in total. The summed E-state index contributed by atoms with van der Waals surface area (Å²) in [4.78, 5) is 8.53. The lowest BCUT2D eigenvalue weighted by Crippen LogP contribution is -1.85. The molecule has 5 heteroatoms. The van der Waals surface area contributed by atoms with Gasteiger partial charge in [0.15, 0.2) is 16.8 Å². The average Bonchev–Trinajstić information content (AvgIpc) is 2.71. The van der Waals surface area contributed by atoms with Crippen molar-refractivity contribution < 1.29 is 4.42 Å². The third-order valence-corrected chi connectivity index (χ3v) is 2.74. The van der Waals surface area contributed by atoms with Crippen LogP contribution in [0.5, 0.6) is 0 Å². The number of nitrogens with two attached hydrogens (primary N) is 1. The van der Waals surface area contributed by atoms with Crippen molar-refractivity contribution in [3.05, 3.63) is 17.0 Å². The van der Waals surface area contributed by atoms with Crippen LogP contribution in [0, 0.1) is 6.92 Å². The zero-order valence-electron chi connectivity index (χ0n) is 8.94. The van der Waals surface area contributed by atoms with E-state index in [0.29, 0.717) is 5.13 Å². The fraction of sp³-hybridized carbons (Fsp3) is 0.400. The highest BCUT2D eigenvalue weighted by Gasteiger charge is 2.15. The number of hydrogen-bond acceptors (Lipinski definition) is 5. The van der Waals surface area contributed by atoms with Gasteiger partial charge >= 0.3 is 0 Å². The Bertz CT molecular complexity index is 473. The topological polar surface area (TPSA) is 64.9 Å². The number of oxazole rings is 1. The minimum atomic E-state index is 0.286. The fourth-order valence-corrected chi connectivity index (χ4v) is 1.84. The van der Waals surface area contributed by atoms with Crippen molar-refractivity contribution in [1.29, 1.82) is 0 Å². The molecule has 0 saturated heterocycles. The van der Waals surface area contributed by atoms with E-state index in [1.165, 1.54) is 11.3 Å². The van der Waals surface area contributed by atoms with Crippen LogP contribution in [0.1, 0.15) is 31.4 Å². The largest absolute Gasteiger partial charge is 0.438 e. The zero-order chi connectivity index (χ0) is 11.0. The standard InChI is InChI=1S/C10H13N3OS/c1-5(2)9-12-6(3)8(14-9)7-4-15-10(11)13-7/h4-5H,1-3H3,(H2,11,13). The molecule has 0 aromatic carbocycles. The maximum absolute atomic E-state index is 5.65. The fourth-order valence-electron chi connectivity index (χ4n) is 1.29. The zero-order valence-corrected chi connectivity index (χ0v) is 9.76. The van der Waals surface area contributed by atoms with Gasteiger partial charge in [-0.25, -0.2) is 9.97 Å². The van der Waals surface area contributed by atoms with Crippen molar-refractivity contribution in [3.63, 3.8) is 0 Å². The Hall–Kier alpha value is -1.36. The number of nitrogens with zero attached hydrogens (tertiary/aromatic N) is 2. The van der Waals surface area contributed by atoms with Gasteiger partial charge < -0.3 is 10.2 Å². The highest BCUT2D eigenvalue weighted by Crippen LogP contribution is 2.28. The Balaban J connectivity index is 2.44. The third-order valence-electron chi connectivity index (χ3n) is 2.06. The van der Waals surface area contributed by atoms with Crippen molar-refractivity contribution in [2.75, 3.05) is 5.73 Å². The number of hydrogen-bond donors (Lipinski definition) is 1. The van der Waals surface area contributed by atoms with Gasteiger partial charge in [0.05, 0.1) is 5.69 Å². The van der Waals surface area contributed by atoms with Gasteiger partial charge in [0.1, 0.15) is 5.69 Å². The molecule has 0 aliphatic carbocycles.